The molecule has 1 heterocycles. The monoisotopic (exact) mass is 576 g/mol. The first-order valence-corrected chi connectivity index (χ1v) is 14.6. The van der Waals surface area contributed by atoms with Gasteiger partial charge in [-0.1, -0.05) is 59.4 Å². The van der Waals surface area contributed by atoms with E-state index in [1.807, 2.05) is 89.2 Å². The molecule has 0 radical (unpaired) electrons. The number of primary amides is 1. The smallest absolute Gasteiger partial charge is 0.242 e. The van der Waals surface area contributed by atoms with Crippen LogP contribution in [0.1, 0.15) is 68.2 Å². The van der Waals surface area contributed by atoms with Crippen LogP contribution >= 0.6 is 0 Å². The van der Waals surface area contributed by atoms with Crippen molar-refractivity contribution in [3.8, 4) is 5.75 Å². The van der Waals surface area contributed by atoms with Crippen molar-refractivity contribution in [2.75, 3.05) is 52.8 Å². The predicted molar refractivity (Wildman–Crippen MR) is 176 cm³/mol. The van der Waals surface area contributed by atoms with Crippen LogP contribution in [0.2, 0.25) is 0 Å². The van der Waals surface area contributed by atoms with Crippen LogP contribution in [0.15, 0.2) is 60.4 Å². The normalized spacial score (nSPS) is 13.8. The van der Waals surface area contributed by atoms with Gasteiger partial charge in [0.2, 0.25) is 12.3 Å². The van der Waals surface area contributed by atoms with Gasteiger partial charge in [-0.3, -0.25) is 9.59 Å². The zero-order valence-corrected chi connectivity index (χ0v) is 27.8. The molecule has 8 nitrogen and oxygen atoms in total. The fourth-order valence-corrected chi connectivity index (χ4v) is 3.34. The van der Waals surface area contributed by atoms with Gasteiger partial charge in [0.25, 0.3) is 0 Å². The summed E-state index contributed by atoms with van der Waals surface area (Å²) in [7, 11) is 5.68. The quantitative estimate of drug-likeness (QED) is 0.187. The van der Waals surface area contributed by atoms with Crippen molar-refractivity contribution in [2.45, 2.75) is 74.3 Å². The van der Waals surface area contributed by atoms with E-state index in [0.29, 0.717) is 19.2 Å². The molecule has 0 saturated carbocycles. The van der Waals surface area contributed by atoms with Gasteiger partial charge in [-0.25, -0.2) is 0 Å². The minimum Gasteiger partial charge on any atom is -0.497 e. The van der Waals surface area contributed by atoms with Crippen molar-refractivity contribution in [2.24, 2.45) is 11.7 Å². The molecule has 1 aromatic carbocycles. The van der Waals surface area contributed by atoms with Crippen LogP contribution in [-0.2, 0) is 14.3 Å². The maximum atomic E-state index is 12.2. The van der Waals surface area contributed by atoms with Crippen LogP contribution in [0, 0.1) is 5.92 Å². The van der Waals surface area contributed by atoms with Gasteiger partial charge in [0.15, 0.2) is 0 Å². The van der Waals surface area contributed by atoms with E-state index in [2.05, 4.69) is 50.2 Å². The lowest BCUT2D eigenvalue weighted by molar-refractivity contribution is -0.129. The Kier molecular flexibility index (Phi) is 29.1. The maximum absolute atomic E-state index is 12.2. The number of hydrogen-bond donors (Lipinski definition) is 2. The fourth-order valence-electron chi connectivity index (χ4n) is 3.34. The number of likely N-dealkylation sites (tertiary alicyclic amines) is 1. The van der Waals surface area contributed by atoms with Crippen LogP contribution < -0.4 is 15.8 Å². The second-order valence-corrected chi connectivity index (χ2v) is 9.86. The van der Waals surface area contributed by atoms with Crippen molar-refractivity contribution in [1.29, 1.82) is 0 Å². The standard InChI is InChI=1S/C17H27N3O2.C9H14O.C4H10.C2H6.CH3NO/c1-14-6-5-9-20(14)17(21)13-18-15-7-4-8-16(12-15)22-11-10-19(2)3;1-5-7-8(3)9(6-2)10-4;1-4(2)3;1-2;2-1-3/h4,7-8,12,14,18H,5-6,9-11,13H2,1-3H3;5-7H,3H2,1-2,4H3;4H,1-3H3;1-2H3;1H,(H2,2,3)/b;7-5-,9-6+;;;. The predicted octanol–water partition coefficient (Wildman–Crippen LogP) is 6.51. The first-order chi connectivity index (χ1) is 19.5. The largest absolute Gasteiger partial charge is 0.497 e. The molecule has 1 atom stereocenters. The topological polar surface area (TPSA) is 97.1 Å². The lowest BCUT2D eigenvalue weighted by atomic mass is 10.2. The summed E-state index contributed by atoms with van der Waals surface area (Å²) in [6.07, 6.45) is 8.22. The number of carbonyl (C=O) groups is 2. The summed E-state index contributed by atoms with van der Waals surface area (Å²) in [4.78, 5) is 24.8. The number of carbonyl (C=O) groups excluding carboxylic acids is 2. The van der Waals surface area contributed by atoms with E-state index in [1.165, 1.54) is 0 Å². The van der Waals surface area contributed by atoms with Crippen molar-refractivity contribution >= 4 is 18.0 Å². The molecule has 0 aliphatic carbocycles. The highest BCUT2D eigenvalue weighted by Crippen LogP contribution is 2.19. The van der Waals surface area contributed by atoms with Crippen LogP contribution in [0.3, 0.4) is 0 Å². The summed E-state index contributed by atoms with van der Waals surface area (Å²) in [6.45, 7) is 23.1. The number of hydrogen-bond acceptors (Lipinski definition) is 6. The van der Waals surface area contributed by atoms with Gasteiger partial charge in [-0.2, -0.15) is 0 Å². The second kappa shape index (κ2) is 28.3. The molecule has 8 heteroatoms. The third kappa shape index (κ3) is 24.3. The van der Waals surface area contributed by atoms with E-state index in [4.69, 9.17) is 14.3 Å². The first-order valence-electron chi connectivity index (χ1n) is 14.6. The average Bonchev–Trinajstić information content (AvgIpc) is 3.36. The molecule has 0 spiro atoms. The number of ether oxygens (including phenoxy) is 2. The zero-order chi connectivity index (χ0) is 32.2. The summed E-state index contributed by atoms with van der Waals surface area (Å²) >= 11 is 0. The Bertz CT molecular complexity index is 864. The maximum Gasteiger partial charge on any atom is 0.242 e. The minimum absolute atomic E-state index is 0.170. The van der Waals surface area contributed by atoms with Gasteiger partial charge in [0.1, 0.15) is 18.1 Å². The number of anilines is 1. The molecular weight excluding hydrogens is 516 g/mol. The van der Waals surface area contributed by atoms with Crippen LogP contribution in [-0.4, -0.2) is 75.6 Å². The van der Waals surface area contributed by atoms with E-state index in [0.717, 1.165) is 54.6 Å². The van der Waals surface area contributed by atoms with Crippen molar-refractivity contribution in [3.05, 3.63) is 60.4 Å². The van der Waals surface area contributed by atoms with Crippen molar-refractivity contribution < 1.29 is 19.1 Å². The molecule has 1 aromatic rings. The van der Waals surface area contributed by atoms with Gasteiger partial charge < -0.3 is 30.3 Å². The molecular formula is C33H60N4O4. The average molecular weight is 577 g/mol. The Labute approximate surface area is 251 Å². The molecule has 2 amide bonds. The molecule has 2 rings (SSSR count). The molecule has 1 fully saturated rings. The number of methoxy groups -OCH3 is 1. The van der Waals surface area contributed by atoms with Gasteiger partial charge in [0.05, 0.1) is 13.7 Å². The molecule has 0 bridgehead atoms. The number of rotatable bonds is 10. The lowest BCUT2D eigenvalue weighted by Gasteiger charge is -2.21. The number of likely N-dealkylation sites (N-methyl/N-ethyl adjacent to an activating group) is 1. The summed E-state index contributed by atoms with van der Waals surface area (Å²) in [5.74, 6) is 2.66. The first kappa shape index (κ1) is 42.2. The van der Waals surface area contributed by atoms with Crippen LogP contribution in [0.5, 0.6) is 5.75 Å². The summed E-state index contributed by atoms with van der Waals surface area (Å²) in [6, 6.07) is 8.15. The molecule has 0 aromatic heterocycles. The fraction of sp³-hybridized carbons (Fsp3) is 0.576. The van der Waals surface area contributed by atoms with Crippen molar-refractivity contribution in [1.82, 2.24) is 9.80 Å². The number of allylic oxidation sites excluding steroid dienone is 3. The third-order valence-electron chi connectivity index (χ3n) is 5.12. The Morgan fingerprint density at radius 2 is 1.83 bits per heavy atom. The minimum atomic E-state index is 0.170. The van der Waals surface area contributed by atoms with E-state index in [1.54, 1.807) is 7.11 Å². The number of benzene rings is 1. The van der Waals surface area contributed by atoms with E-state index < -0.39 is 0 Å². The SMILES string of the molecule is C=C(/C=C\C)/C(=C\C)OC.CC.CC(C)C.CC1CCCN1C(=O)CNc1cccc(OCCN(C)C)c1.NC=O. The molecule has 1 saturated heterocycles. The van der Waals surface area contributed by atoms with E-state index in [-0.39, 0.29) is 12.3 Å². The number of nitrogens with two attached hydrogens (primary N) is 1. The van der Waals surface area contributed by atoms with Gasteiger partial charge in [-0.15, -0.1) is 0 Å². The van der Waals surface area contributed by atoms with Crippen LogP contribution in [0.4, 0.5) is 5.69 Å². The summed E-state index contributed by atoms with van der Waals surface area (Å²) in [5.41, 5.74) is 6.00. The lowest BCUT2D eigenvalue weighted by Crippen LogP contribution is -2.37. The summed E-state index contributed by atoms with van der Waals surface area (Å²) in [5, 5.41) is 3.20. The Hall–Kier alpha value is -3.26. The Morgan fingerprint density at radius 3 is 2.27 bits per heavy atom. The molecule has 3 N–H and O–H groups in total. The Balaban J connectivity index is -0.000000631. The molecule has 1 aliphatic heterocycles. The second-order valence-electron chi connectivity index (χ2n) is 9.86. The van der Waals surface area contributed by atoms with Crippen molar-refractivity contribution in [3.63, 3.8) is 0 Å². The van der Waals surface area contributed by atoms with Crippen LogP contribution in [0.25, 0.3) is 0 Å². The number of nitrogens with zero attached hydrogens (tertiary/aromatic N) is 2. The highest BCUT2D eigenvalue weighted by molar-refractivity contribution is 5.81. The molecule has 236 valence electrons. The van der Waals surface area contributed by atoms with Gasteiger partial charge in [0, 0.05) is 36.5 Å². The zero-order valence-electron chi connectivity index (χ0n) is 27.8. The molecule has 41 heavy (non-hydrogen) atoms. The molecule has 1 unspecified atom stereocenters. The van der Waals surface area contributed by atoms with Gasteiger partial charge >= 0.3 is 0 Å². The van der Waals surface area contributed by atoms with Gasteiger partial charge in [-0.05, 0) is 71.8 Å². The third-order valence-corrected chi connectivity index (χ3v) is 5.12. The van der Waals surface area contributed by atoms with E-state index >= 15 is 0 Å². The van der Waals surface area contributed by atoms with E-state index in [9.17, 15) is 4.79 Å². The number of amides is 2. The molecule has 1 aliphatic rings. The Morgan fingerprint density at radius 1 is 1.24 bits per heavy atom. The summed E-state index contributed by atoms with van der Waals surface area (Å²) < 4.78 is 10.7. The number of nitrogens with one attached hydrogen (secondary N) is 1. The highest BCUT2D eigenvalue weighted by Gasteiger charge is 2.24. The highest BCUT2D eigenvalue weighted by atomic mass is 16.5.